The number of anilines is 1. The normalized spacial score (nSPS) is 13.4. The number of rotatable bonds is 5. The quantitative estimate of drug-likeness (QED) is 0.402. The van der Waals surface area contributed by atoms with Crippen LogP contribution in [-0.2, 0) is 25.9 Å². The van der Waals surface area contributed by atoms with Gasteiger partial charge < -0.3 is 9.88 Å². The van der Waals surface area contributed by atoms with Gasteiger partial charge in [0.2, 0.25) is 0 Å². The molecule has 0 amide bonds. The van der Waals surface area contributed by atoms with Crippen LogP contribution in [0.2, 0.25) is 0 Å². The second-order valence-corrected chi connectivity index (χ2v) is 8.06. The fourth-order valence-electron chi connectivity index (χ4n) is 4.60. The highest BCUT2D eigenvalue weighted by Crippen LogP contribution is 2.37. The average Bonchev–Trinajstić information content (AvgIpc) is 3.13. The Kier molecular flexibility index (Phi) is 4.99. The highest BCUT2D eigenvalue weighted by molar-refractivity contribution is 5.89. The Labute approximate surface area is 175 Å². The average molecular weight is 402 g/mol. The molecular weight excluding hydrogens is 378 g/mol. The summed E-state index contributed by atoms with van der Waals surface area (Å²) < 4.78 is 31.2. The van der Waals surface area contributed by atoms with Gasteiger partial charge in [-0.05, 0) is 42.4 Å². The van der Waals surface area contributed by atoms with E-state index in [1.807, 2.05) is 65.6 Å². The lowest BCUT2D eigenvalue weighted by Gasteiger charge is -2.26. The van der Waals surface area contributed by atoms with Crippen molar-refractivity contribution in [3.05, 3.63) is 101 Å². The molecule has 5 rings (SSSR count). The molecule has 1 aliphatic carbocycles. The van der Waals surface area contributed by atoms with Crippen molar-refractivity contribution in [3.8, 4) is 0 Å². The summed E-state index contributed by atoms with van der Waals surface area (Å²) >= 11 is 0. The third-order valence-electron chi connectivity index (χ3n) is 6.00. The Morgan fingerprint density at radius 3 is 2.03 bits per heavy atom. The van der Waals surface area contributed by atoms with Crippen molar-refractivity contribution in [1.82, 2.24) is 4.98 Å². The zero-order chi connectivity index (χ0) is 20.5. The molecule has 3 aromatic carbocycles. The molecule has 4 heteroatoms. The van der Waals surface area contributed by atoms with E-state index in [0.717, 1.165) is 48.1 Å². The molecule has 152 valence electrons. The zero-order valence-electron chi connectivity index (χ0n) is 16.8. The van der Waals surface area contributed by atoms with E-state index in [1.165, 1.54) is 6.07 Å². The van der Waals surface area contributed by atoms with Gasteiger partial charge in [-0.15, -0.1) is 0 Å². The Bertz CT molecular complexity index is 1120. The molecule has 1 heterocycles. The Balaban J connectivity index is 1.63. The van der Waals surface area contributed by atoms with E-state index >= 15 is 8.78 Å². The first-order chi connectivity index (χ1) is 14.7. The van der Waals surface area contributed by atoms with Crippen LogP contribution < -0.4 is 4.90 Å². The van der Waals surface area contributed by atoms with E-state index in [4.69, 9.17) is 0 Å². The first-order valence-electron chi connectivity index (χ1n) is 10.5. The Morgan fingerprint density at radius 2 is 1.40 bits per heavy atom. The molecule has 30 heavy (non-hydrogen) atoms. The van der Waals surface area contributed by atoms with Crippen LogP contribution in [0, 0.1) is 11.6 Å². The van der Waals surface area contributed by atoms with Crippen LogP contribution in [0.4, 0.5) is 14.5 Å². The second kappa shape index (κ2) is 7.94. The summed E-state index contributed by atoms with van der Waals surface area (Å²) in [5.41, 5.74) is 4.74. The monoisotopic (exact) mass is 402 g/mol. The largest absolute Gasteiger partial charge is 0.358 e. The molecule has 0 fully saturated rings. The molecule has 0 saturated carbocycles. The predicted molar refractivity (Wildman–Crippen MR) is 118 cm³/mol. The summed E-state index contributed by atoms with van der Waals surface area (Å²) in [5.74, 6) is -0.971. The van der Waals surface area contributed by atoms with E-state index in [1.54, 1.807) is 0 Å². The maximum atomic E-state index is 15.9. The minimum absolute atomic E-state index is 0.0579. The van der Waals surface area contributed by atoms with Crippen molar-refractivity contribution in [2.45, 2.75) is 38.8 Å². The van der Waals surface area contributed by atoms with Crippen molar-refractivity contribution in [2.24, 2.45) is 0 Å². The molecule has 0 spiro atoms. The summed E-state index contributed by atoms with van der Waals surface area (Å²) in [7, 11) is 0. The number of aryl methyl sites for hydroxylation is 2. The van der Waals surface area contributed by atoms with Crippen molar-refractivity contribution in [2.75, 3.05) is 4.90 Å². The van der Waals surface area contributed by atoms with E-state index < -0.39 is 11.6 Å². The number of benzene rings is 3. The number of hydrogen-bond donors (Lipinski definition) is 1. The maximum absolute atomic E-state index is 15.9. The fraction of sp³-hybridized carbons (Fsp3) is 0.231. The van der Waals surface area contributed by atoms with Crippen LogP contribution in [0.25, 0.3) is 10.9 Å². The van der Waals surface area contributed by atoms with E-state index in [2.05, 4.69) is 4.98 Å². The molecule has 1 N–H and O–H groups in total. The Hall–Kier alpha value is -3.14. The molecule has 2 nitrogen and oxygen atoms in total. The first kappa shape index (κ1) is 18.9. The summed E-state index contributed by atoms with van der Waals surface area (Å²) in [6, 6.07) is 21.1. The second-order valence-electron chi connectivity index (χ2n) is 8.06. The molecule has 0 atom stereocenters. The summed E-state index contributed by atoms with van der Waals surface area (Å²) in [4.78, 5) is 5.08. The first-order valence-corrected chi connectivity index (χ1v) is 10.5. The van der Waals surface area contributed by atoms with E-state index in [0.29, 0.717) is 24.0 Å². The summed E-state index contributed by atoms with van der Waals surface area (Å²) in [6.07, 6.45) is 3.88. The number of H-pyrrole nitrogens is 1. The summed E-state index contributed by atoms with van der Waals surface area (Å²) in [5, 5.41) is 0.562. The molecule has 4 aromatic rings. The molecular formula is C26H24F2N2. The highest BCUT2D eigenvalue weighted by Gasteiger charge is 2.25. The molecule has 1 aliphatic rings. The third-order valence-corrected chi connectivity index (χ3v) is 6.00. The third kappa shape index (κ3) is 3.47. The number of aromatic nitrogens is 1. The molecule has 0 radical (unpaired) electrons. The fourth-order valence-corrected chi connectivity index (χ4v) is 4.60. The van der Waals surface area contributed by atoms with Crippen molar-refractivity contribution in [3.63, 3.8) is 0 Å². The van der Waals surface area contributed by atoms with Crippen LogP contribution >= 0.6 is 0 Å². The number of halogens is 2. The van der Waals surface area contributed by atoms with Crippen LogP contribution in [0.15, 0.2) is 66.7 Å². The van der Waals surface area contributed by atoms with Crippen LogP contribution in [0.1, 0.15) is 35.2 Å². The van der Waals surface area contributed by atoms with Crippen molar-refractivity contribution < 1.29 is 8.78 Å². The molecule has 0 unspecified atom stereocenters. The zero-order valence-corrected chi connectivity index (χ0v) is 16.8. The van der Waals surface area contributed by atoms with Gasteiger partial charge in [0.25, 0.3) is 0 Å². The standard InChI is InChI=1S/C26H24F2N2/c27-21-15-23-24(20-13-7-8-14-22(20)29-23)25(28)26(21)30(16-18-9-3-1-4-10-18)17-19-11-5-2-6-12-19/h1-6,9-12,15,29H,7-8,13-14,16-17H2. The van der Waals surface area contributed by atoms with Crippen LogP contribution in [0.3, 0.4) is 0 Å². The molecule has 1 aromatic heterocycles. The maximum Gasteiger partial charge on any atom is 0.159 e. The van der Waals surface area contributed by atoms with Gasteiger partial charge in [0.05, 0.1) is 5.52 Å². The van der Waals surface area contributed by atoms with Gasteiger partial charge in [-0.1, -0.05) is 60.7 Å². The van der Waals surface area contributed by atoms with Gasteiger partial charge in [-0.2, -0.15) is 0 Å². The number of nitrogens with one attached hydrogen (secondary N) is 1. The van der Waals surface area contributed by atoms with Crippen molar-refractivity contribution in [1.29, 1.82) is 0 Å². The van der Waals surface area contributed by atoms with Gasteiger partial charge in [-0.25, -0.2) is 8.78 Å². The molecule has 0 saturated heterocycles. The van der Waals surface area contributed by atoms with Gasteiger partial charge >= 0.3 is 0 Å². The number of fused-ring (bicyclic) bond motifs is 3. The number of hydrogen-bond acceptors (Lipinski definition) is 1. The lowest BCUT2D eigenvalue weighted by Crippen LogP contribution is -2.24. The van der Waals surface area contributed by atoms with Crippen molar-refractivity contribution >= 4 is 16.6 Å². The lowest BCUT2D eigenvalue weighted by molar-refractivity contribution is 0.575. The molecule has 0 aliphatic heterocycles. The topological polar surface area (TPSA) is 19.0 Å². The Morgan fingerprint density at radius 1 is 0.800 bits per heavy atom. The van der Waals surface area contributed by atoms with Gasteiger partial charge in [-0.3, -0.25) is 0 Å². The van der Waals surface area contributed by atoms with Gasteiger partial charge in [0.15, 0.2) is 11.6 Å². The lowest BCUT2D eigenvalue weighted by atomic mass is 9.95. The van der Waals surface area contributed by atoms with Crippen LogP contribution in [0.5, 0.6) is 0 Å². The van der Waals surface area contributed by atoms with Gasteiger partial charge in [0, 0.05) is 30.2 Å². The van der Waals surface area contributed by atoms with E-state index in [-0.39, 0.29) is 5.69 Å². The smallest absolute Gasteiger partial charge is 0.159 e. The minimum Gasteiger partial charge on any atom is -0.358 e. The predicted octanol–water partition coefficient (Wildman–Crippen LogP) is 6.53. The number of nitrogens with zero attached hydrogens (tertiary/aromatic N) is 1. The SMILES string of the molecule is Fc1cc2[nH]c3c(c2c(F)c1N(Cc1ccccc1)Cc1ccccc1)CCCC3. The van der Waals surface area contributed by atoms with Crippen LogP contribution in [-0.4, -0.2) is 4.98 Å². The summed E-state index contributed by atoms with van der Waals surface area (Å²) in [6.45, 7) is 0.864. The van der Waals surface area contributed by atoms with E-state index in [9.17, 15) is 0 Å². The minimum atomic E-state index is -0.523. The van der Waals surface area contributed by atoms with Gasteiger partial charge in [0.1, 0.15) is 5.69 Å². The molecule has 0 bridgehead atoms. The number of aromatic amines is 1. The highest BCUT2D eigenvalue weighted by atomic mass is 19.1.